The Morgan fingerprint density at radius 3 is 2.84 bits per heavy atom. The number of rotatable bonds is 6. The minimum absolute atomic E-state index is 0.0397. The lowest BCUT2D eigenvalue weighted by molar-refractivity contribution is 0.0663. The summed E-state index contributed by atoms with van der Waals surface area (Å²) in [5.74, 6) is -0.402. The Balaban J connectivity index is 2.24. The number of para-hydroxylation sites is 1. The van der Waals surface area contributed by atoms with Crippen LogP contribution in [0.25, 0.3) is 11.0 Å². The van der Waals surface area contributed by atoms with Crippen molar-refractivity contribution in [2.24, 2.45) is 5.92 Å². The van der Waals surface area contributed by atoms with E-state index in [0.717, 1.165) is 23.9 Å². The molecule has 0 saturated carbocycles. The van der Waals surface area contributed by atoms with Crippen molar-refractivity contribution in [2.75, 3.05) is 6.54 Å². The van der Waals surface area contributed by atoms with Crippen LogP contribution in [-0.4, -0.2) is 17.6 Å². The second kappa shape index (κ2) is 5.89. The molecule has 0 saturated heterocycles. The minimum Gasteiger partial charge on any atom is -0.475 e. The van der Waals surface area contributed by atoms with E-state index in [-0.39, 0.29) is 5.76 Å². The molecule has 0 aliphatic rings. The predicted octanol–water partition coefficient (Wildman–Crippen LogP) is 3.27. The average Bonchev–Trinajstić information content (AvgIpc) is 2.78. The lowest BCUT2D eigenvalue weighted by Crippen LogP contribution is -2.21. The molecule has 2 rings (SSSR count). The van der Waals surface area contributed by atoms with Crippen LogP contribution in [0.3, 0.4) is 0 Å². The van der Waals surface area contributed by atoms with Gasteiger partial charge in [-0.2, -0.15) is 0 Å². The number of carbonyl (C=O) groups is 1. The first-order chi connectivity index (χ1) is 9.13. The van der Waals surface area contributed by atoms with Crippen LogP contribution in [0.5, 0.6) is 0 Å². The summed E-state index contributed by atoms with van der Waals surface area (Å²) in [5.41, 5.74) is 1.35. The molecule has 1 atom stereocenters. The Kier molecular flexibility index (Phi) is 4.22. The fourth-order valence-corrected chi connectivity index (χ4v) is 2.03. The molecule has 0 aliphatic heterocycles. The topological polar surface area (TPSA) is 62.5 Å². The van der Waals surface area contributed by atoms with E-state index in [2.05, 4.69) is 19.2 Å². The number of aromatic carboxylic acids is 1. The molecule has 1 unspecified atom stereocenters. The van der Waals surface area contributed by atoms with Crippen LogP contribution in [-0.2, 0) is 6.54 Å². The highest BCUT2D eigenvalue weighted by atomic mass is 16.4. The summed E-state index contributed by atoms with van der Waals surface area (Å²) in [6.45, 7) is 5.69. The Bertz CT molecular complexity index is 574. The van der Waals surface area contributed by atoms with Crippen LogP contribution in [0.2, 0.25) is 0 Å². The van der Waals surface area contributed by atoms with E-state index in [1.54, 1.807) is 6.07 Å². The summed E-state index contributed by atoms with van der Waals surface area (Å²) in [7, 11) is 0. The van der Waals surface area contributed by atoms with Gasteiger partial charge in [-0.05, 0) is 18.5 Å². The van der Waals surface area contributed by atoms with Gasteiger partial charge in [-0.1, -0.05) is 38.5 Å². The molecule has 102 valence electrons. The van der Waals surface area contributed by atoms with E-state index >= 15 is 0 Å². The smallest absolute Gasteiger partial charge is 0.372 e. The molecule has 0 aliphatic carbocycles. The van der Waals surface area contributed by atoms with Crippen molar-refractivity contribution in [1.82, 2.24) is 5.32 Å². The molecule has 19 heavy (non-hydrogen) atoms. The summed E-state index contributed by atoms with van der Waals surface area (Å²) in [6, 6.07) is 7.42. The summed E-state index contributed by atoms with van der Waals surface area (Å²) < 4.78 is 5.40. The van der Waals surface area contributed by atoms with Crippen LogP contribution < -0.4 is 5.32 Å². The number of furan rings is 1. The Morgan fingerprint density at radius 1 is 1.42 bits per heavy atom. The number of hydrogen-bond donors (Lipinski definition) is 2. The average molecular weight is 261 g/mol. The summed E-state index contributed by atoms with van der Waals surface area (Å²) in [5, 5.41) is 13.4. The highest BCUT2D eigenvalue weighted by Gasteiger charge is 2.19. The van der Waals surface area contributed by atoms with Gasteiger partial charge in [-0.25, -0.2) is 4.79 Å². The van der Waals surface area contributed by atoms with Crippen molar-refractivity contribution in [3.63, 3.8) is 0 Å². The third kappa shape index (κ3) is 2.96. The number of carboxylic acids is 1. The van der Waals surface area contributed by atoms with E-state index in [4.69, 9.17) is 4.42 Å². The zero-order valence-electron chi connectivity index (χ0n) is 11.3. The van der Waals surface area contributed by atoms with Crippen LogP contribution in [0.15, 0.2) is 28.7 Å². The SMILES string of the molecule is CCC(C)CNCc1c(C(=O)O)oc2ccccc12. The Hall–Kier alpha value is -1.81. The normalized spacial score (nSPS) is 12.7. The van der Waals surface area contributed by atoms with Crippen molar-refractivity contribution in [3.05, 3.63) is 35.6 Å². The Morgan fingerprint density at radius 2 is 2.16 bits per heavy atom. The first-order valence-corrected chi connectivity index (χ1v) is 6.57. The lowest BCUT2D eigenvalue weighted by atomic mass is 10.1. The van der Waals surface area contributed by atoms with Gasteiger partial charge in [-0.15, -0.1) is 0 Å². The third-order valence-corrected chi connectivity index (χ3v) is 3.38. The van der Waals surface area contributed by atoms with E-state index in [0.29, 0.717) is 18.0 Å². The zero-order chi connectivity index (χ0) is 13.8. The van der Waals surface area contributed by atoms with Crippen molar-refractivity contribution < 1.29 is 14.3 Å². The molecule has 1 aromatic carbocycles. The quantitative estimate of drug-likeness (QED) is 0.837. The number of nitrogens with one attached hydrogen (secondary N) is 1. The van der Waals surface area contributed by atoms with Crippen LogP contribution in [0.4, 0.5) is 0 Å². The molecule has 4 nitrogen and oxygen atoms in total. The van der Waals surface area contributed by atoms with Gasteiger partial charge < -0.3 is 14.8 Å². The van der Waals surface area contributed by atoms with E-state index in [9.17, 15) is 9.90 Å². The van der Waals surface area contributed by atoms with E-state index in [1.165, 1.54) is 0 Å². The molecule has 2 N–H and O–H groups in total. The van der Waals surface area contributed by atoms with E-state index < -0.39 is 5.97 Å². The highest BCUT2D eigenvalue weighted by molar-refractivity contribution is 5.95. The highest BCUT2D eigenvalue weighted by Crippen LogP contribution is 2.25. The number of hydrogen-bond acceptors (Lipinski definition) is 3. The first-order valence-electron chi connectivity index (χ1n) is 6.57. The number of carboxylic acid groups (broad SMARTS) is 1. The lowest BCUT2D eigenvalue weighted by Gasteiger charge is -2.09. The van der Waals surface area contributed by atoms with Gasteiger partial charge in [0.2, 0.25) is 5.76 Å². The standard InChI is InChI=1S/C15H19NO3/c1-3-10(2)8-16-9-12-11-6-4-5-7-13(11)19-14(12)15(17)18/h4-7,10,16H,3,8-9H2,1-2H3,(H,17,18). The monoisotopic (exact) mass is 261 g/mol. The van der Waals surface area contributed by atoms with Crippen LogP contribution in [0, 0.1) is 5.92 Å². The molecular weight excluding hydrogens is 242 g/mol. The maximum atomic E-state index is 11.2. The van der Waals surface area contributed by atoms with Crippen LogP contribution in [0.1, 0.15) is 36.4 Å². The molecule has 0 radical (unpaired) electrons. The van der Waals surface area contributed by atoms with Crippen molar-refractivity contribution >= 4 is 16.9 Å². The molecule has 0 fully saturated rings. The maximum absolute atomic E-state index is 11.2. The zero-order valence-corrected chi connectivity index (χ0v) is 11.3. The van der Waals surface area contributed by atoms with Gasteiger partial charge in [0.05, 0.1) is 0 Å². The van der Waals surface area contributed by atoms with Gasteiger partial charge in [0, 0.05) is 17.5 Å². The Labute approximate surface area is 112 Å². The second-order valence-electron chi connectivity index (χ2n) is 4.86. The second-order valence-corrected chi connectivity index (χ2v) is 4.86. The third-order valence-electron chi connectivity index (χ3n) is 3.38. The van der Waals surface area contributed by atoms with E-state index in [1.807, 2.05) is 18.2 Å². The fourth-order valence-electron chi connectivity index (χ4n) is 2.03. The molecule has 4 heteroatoms. The molecule has 0 bridgehead atoms. The summed E-state index contributed by atoms with van der Waals surface area (Å²) >= 11 is 0. The van der Waals surface area contributed by atoms with Crippen molar-refractivity contribution in [2.45, 2.75) is 26.8 Å². The van der Waals surface area contributed by atoms with Crippen molar-refractivity contribution in [1.29, 1.82) is 0 Å². The molecule has 0 spiro atoms. The predicted molar refractivity (Wildman–Crippen MR) is 74.3 cm³/mol. The maximum Gasteiger partial charge on any atom is 0.372 e. The summed E-state index contributed by atoms with van der Waals surface area (Å²) in [4.78, 5) is 11.2. The van der Waals surface area contributed by atoms with Gasteiger partial charge in [0.1, 0.15) is 5.58 Å². The minimum atomic E-state index is -1.02. The fraction of sp³-hybridized carbons (Fsp3) is 0.400. The number of benzene rings is 1. The largest absolute Gasteiger partial charge is 0.475 e. The first kappa shape index (κ1) is 13.6. The molecule has 1 heterocycles. The van der Waals surface area contributed by atoms with Crippen LogP contribution >= 0.6 is 0 Å². The van der Waals surface area contributed by atoms with Gasteiger partial charge >= 0.3 is 5.97 Å². The van der Waals surface area contributed by atoms with Gasteiger partial charge in [0.25, 0.3) is 0 Å². The van der Waals surface area contributed by atoms with Gasteiger partial charge in [0.15, 0.2) is 0 Å². The molecule has 1 aromatic heterocycles. The molecular formula is C15H19NO3. The number of fused-ring (bicyclic) bond motifs is 1. The van der Waals surface area contributed by atoms with Gasteiger partial charge in [-0.3, -0.25) is 0 Å². The molecule has 2 aromatic rings. The molecule has 0 amide bonds. The van der Waals surface area contributed by atoms with Crippen molar-refractivity contribution in [3.8, 4) is 0 Å². The summed E-state index contributed by atoms with van der Waals surface area (Å²) in [6.07, 6.45) is 1.10.